The molecule has 0 unspecified atom stereocenters. The molecule has 0 bridgehead atoms. The summed E-state index contributed by atoms with van der Waals surface area (Å²) in [6.07, 6.45) is 3.24. The predicted molar refractivity (Wildman–Crippen MR) is 73.8 cm³/mol. The molecule has 1 amide bonds. The summed E-state index contributed by atoms with van der Waals surface area (Å²) in [5.41, 5.74) is 0.270. The van der Waals surface area contributed by atoms with E-state index in [1.54, 1.807) is 18.0 Å². The fourth-order valence-electron chi connectivity index (χ4n) is 2.43. The molecule has 1 aliphatic heterocycles. The van der Waals surface area contributed by atoms with Crippen molar-refractivity contribution in [2.75, 3.05) is 27.2 Å². The van der Waals surface area contributed by atoms with Crippen molar-refractivity contribution >= 4 is 11.9 Å². The third-order valence-electron chi connectivity index (χ3n) is 3.78. The number of carboxylic acid groups (broad SMARTS) is 1. The largest absolute Gasteiger partial charge is 0.477 e. The number of amides is 1. The lowest BCUT2D eigenvalue weighted by Crippen LogP contribution is -2.44. The van der Waals surface area contributed by atoms with Crippen LogP contribution in [0.15, 0.2) is 18.3 Å². The molecule has 1 N–H and O–H groups in total. The van der Waals surface area contributed by atoms with E-state index in [-0.39, 0.29) is 17.6 Å². The number of hydrogen-bond donors (Lipinski definition) is 1. The molecule has 20 heavy (non-hydrogen) atoms. The Hall–Kier alpha value is -1.95. The van der Waals surface area contributed by atoms with Gasteiger partial charge in [-0.05, 0) is 45.1 Å². The zero-order chi connectivity index (χ0) is 14.7. The van der Waals surface area contributed by atoms with Gasteiger partial charge in [-0.3, -0.25) is 4.79 Å². The number of pyridine rings is 1. The molecule has 2 heterocycles. The summed E-state index contributed by atoms with van der Waals surface area (Å²) in [6.45, 7) is 1.94. The van der Waals surface area contributed by atoms with E-state index in [2.05, 4.69) is 16.9 Å². The normalized spacial score (nSPS) is 16.9. The van der Waals surface area contributed by atoms with Crippen molar-refractivity contribution in [3.8, 4) is 0 Å². The van der Waals surface area contributed by atoms with Crippen molar-refractivity contribution in [2.24, 2.45) is 0 Å². The Morgan fingerprint density at radius 1 is 1.40 bits per heavy atom. The second-order valence-corrected chi connectivity index (χ2v) is 5.19. The van der Waals surface area contributed by atoms with E-state index in [1.807, 2.05) is 0 Å². The number of nitrogens with zero attached hydrogens (tertiary/aromatic N) is 3. The molecular weight excluding hydrogens is 258 g/mol. The highest BCUT2D eigenvalue weighted by Gasteiger charge is 2.25. The van der Waals surface area contributed by atoms with E-state index in [1.165, 1.54) is 12.3 Å². The Kier molecular flexibility index (Phi) is 4.34. The van der Waals surface area contributed by atoms with Crippen LogP contribution in [0.2, 0.25) is 0 Å². The Morgan fingerprint density at radius 2 is 2.05 bits per heavy atom. The number of aromatic carboxylic acids is 1. The predicted octanol–water partition coefficient (Wildman–Crippen LogP) is 0.946. The van der Waals surface area contributed by atoms with Crippen LogP contribution in [0.25, 0.3) is 0 Å². The van der Waals surface area contributed by atoms with Crippen LogP contribution in [-0.4, -0.2) is 65.0 Å². The van der Waals surface area contributed by atoms with Gasteiger partial charge in [0.25, 0.3) is 5.91 Å². The van der Waals surface area contributed by atoms with Crippen LogP contribution in [0.5, 0.6) is 0 Å². The molecule has 0 aliphatic carbocycles. The molecule has 1 aromatic rings. The molecule has 0 spiro atoms. The smallest absolute Gasteiger partial charge is 0.354 e. The number of likely N-dealkylation sites (tertiary alicyclic amines) is 1. The van der Waals surface area contributed by atoms with Gasteiger partial charge in [0.05, 0.1) is 0 Å². The van der Waals surface area contributed by atoms with Crippen molar-refractivity contribution in [1.82, 2.24) is 14.8 Å². The van der Waals surface area contributed by atoms with Gasteiger partial charge in [0.15, 0.2) is 0 Å². The van der Waals surface area contributed by atoms with Crippen molar-refractivity contribution in [3.05, 3.63) is 29.6 Å². The quantitative estimate of drug-likeness (QED) is 0.890. The second-order valence-electron chi connectivity index (χ2n) is 5.19. The van der Waals surface area contributed by atoms with Crippen LogP contribution in [-0.2, 0) is 0 Å². The van der Waals surface area contributed by atoms with Crippen LogP contribution in [0, 0.1) is 0 Å². The van der Waals surface area contributed by atoms with Gasteiger partial charge in [-0.25, -0.2) is 9.78 Å². The average molecular weight is 277 g/mol. The lowest BCUT2D eigenvalue weighted by molar-refractivity contribution is 0.0659. The van der Waals surface area contributed by atoms with Crippen LogP contribution < -0.4 is 0 Å². The molecule has 2 rings (SSSR count). The van der Waals surface area contributed by atoms with E-state index in [0.717, 1.165) is 25.9 Å². The van der Waals surface area contributed by atoms with Crippen LogP contribution >= 0.6 is 0 Å². The minimum absolute atomic E-state index is 0.104. The monoisotopic (exact) mass is 277 g/mol. The van der Waals surface area contributed by atoms with Crippen molar-refractivity contribution in [3.63, 3.8) is 0 Å². The standard InChI is InChI=1S/C14H19N3O3/c1-16-7-4-11(5-8-16)17(2)13(18)10-3-6-15-12(9-10)14(19)20/h3,6,9,11H,4-5,7-8H2,1-2H3,(H,19,20). The lowest BCUT2D eigenvalue weighted by atomic mass is 10.0. The SMILES string of the molecule is CN1CCC(N(C)C(=O)c2ccnc(C(=O)O)c2)CC1. The summed E-state index contributed by atoms with van der Waals surface area (Å²) in [5.74, 6) is -1.27. The number of carbonyl (C=O) groups is 2. The summed E-state index contributed by atoms with van der Waals surface area (Å²) < 4.78 is 0. The van der Waals surface area contributed by atoms with Crippen LogP contribution in [0.3, 0.4) is 0 Å². The van der Waals surface area contributed by atoms with E-state index < -0.39 is 5.97 Å². The maximum atomic E-state index is 12.4. The number of carboxylic acids is 1. The Balaban J connectivity index is 2.10. The highest BCUT2D eigenvalue weighted by atomic mass is 16.4. The van der Waals surface area contributed by atoms with Crippen molar-refractivity contribution in [2.45, 2.75) is 18.9 Å². The summed E-state index contributed by atoms with van der Waals surface area (Å²) in [6, 6.07) is 3.09. The molecule has 6 heteroatoms. The van der Waals surface area contributed by atoms with Gasteiger partial charge in [-0.2, -0.15) is 0 Å². The number of carbonyl (C=O) groups excluding carboxylic acids is 1. The molecule has 6 nitrogen and oxygen atoms in total. The fourth-order valence-corrected chi connectivity index (χ4v) is 2.43. The summed E-state index contributed by atoms with van der Waals surface area (Å²) in [5, 5.41) is 8.91. The zero-order valence-electron chi connectivity index (χ0n) is 11.7. The number of aromatic nitrogens is 1. The molecule has 0 aromatic carbocycles. The Morgan fingerprint density at radius 3 is 2.65 bits per heavy atom. The van der Waals surface area contributed by atoms with E-state index in [4.69, 9.17) is 5.11 Å². The zero-order valence-corrected chi connectivity index (χ0v) is 11.7. The Bertz CT molecular complexity index is 510. The first-order valence-electron chi connectivity index (χ1n) is 6.64. The summed E-state index contributed by atoms with van der Waals surface area (Å²) in [7, 11) is 3.85. The van der Waals surface area contributed by atoms with E-state index in [0.29, 0.717) is 5.56 Å². The maximum Gasteiger partial charge on any atom is 0.354 e. The van der Waals surface area contributed by atoms with Gasteiger partial charge in [-0.1, -0.05) is 0 Å². The molecule has 1 aromatic heterocycles. The third kappa shape index (κ3) is 3.14. The summed E-state index contributed by atoms with van der Waals surface area (Å²) in [4.78, 5) is 31.0. The van der Waals surface area contributed by atoms with Gasteiger partial charge in [0, 0.05) is 24.8 Å². The van der Waals surface area contributed by atoms with E-state index in [9.17, 15) is 9.59 Å². The van der Waals surface area contributed by atoms with Gasteiger partial charge >= 0.3 is 5.97 Å². The number of piperidine rings is 1. The molecule has 1 fully saturated rings. The van der Waals surface area contributed by atoms with Crippen molar-refractivity contribution < 1.29 is 14.7 Å². The first-order chi connectivity index (χ1) is 9.49. The minimum atomic E-state index is -1.12. The first-order valence-corrected chi connectivity index (χ1v) is 6.64. The van der Waals surface area contributed by atoms with Gasteiger partial charge < -0.3 is 14.9 Å². The van der Waals surface area contributed by atoms with Gasteiger partial charge in [-0.15, -0.1) is 0 Å². The average Bonchev–Trinajstić information content (AvgIpc) is 2.46. The van der Waals surface area contributed by atoms with Crippen LogP contribution in [0.4, 0.5) is 0 Å². The van der Waals surface area contributed by atoms with Crippen molar-refractivity contribution in [1.29, 1.82) is 0 Å². The summed E-state index contributed by atoms with van der Waals surface area (Å²) >= 11 is 0. The molecule has 108 valence electrons. The first kappa shape index (κ1) is 14.5. The molecule has 1 saturated heterocycles. The molecule has 0 atom stereocenters. The second kappa shape index (κ2) is 6.00. The molecular formula is C14H19N3O3. The maximum absolute atomic E-state index is 12.4. The van der Waals surface area contributed by atoms with E-state index >= 15 is 0 Å². The molecule has 1 aliphatic rings. The van der Waals surface area contributed by atoms with Gasteiger partial charge in [0.1, 0.15) is 5.69 Å². The number of rotatable bonds is 3. The highest BCUT2D eigenvalue weighted by molar-refractivity contribution is 5.96. The minimum Gasteiger partial charge on any atom is -0.477 e. The highest BCUT2D eigenvalue weighted by Crippen LogP contribution is 2.16. The molecule has 0 saturated carbocycles. The van der Waals surface area contributed by atoms with Gasteiger partial charge in [0.2, 0.25) is 0 Å². The molecule has 0 radical (unpaired) electrons. The topological polar surface area (TPSA) is 73.7 Å². The van der Waals surface area contributed by atoms with Crippen LogP contribution in [0.1, 0.15) is 33.7 Å². The lowest BCUT2D eigenvalue weighted by Gasteiger charge is -2.35. The Labute approximate surface area is 118 Å². The third-order valence-corrected chi connectivity index (χ3v) is 3.78. The number of hydrogen-bond acceptors (Lipinski definition) is 4. The fraction of sp³-hybridized carbons (Fsp3) is 0.500.